The summed E-state index contributed by atoms with van der Waals surface area (Å²) >= 11 is 1.38. The minimum Gasteiger partial charge on any atom is -0.387 e. The molecule has 0 saturated heterocycles. The molecule has 2 aromatic carbocycles. The van der Waals surface area contributed by atoms with Gasteiger partial charge < -0.3 is 5.32 Å². The van der Waals surface area contributed by atoms with E-state index in [2.05, 4.69) is 15.6 Å². The van der Waals surface area contributed by atoms with Crippen molar-refractivity contribution in [3.05, 3.63) is 80.8 Å². The molecule has 0 saturated carbocycles. The van der Waals surface area contributed by atoms with Gasteiger partial charge in [-0.3, -0.25) is 20.2 Å². The number of nitro benzene ring substituents is 1. The lowest BCUT2D eigenvalue weighted by atomic mass is 10.1. The number of benzene rings is 2. The van der Waals surface area contributed by atoms with Crippen LogP contribution in [0.4, 0.5) is 16.5 Å². The molecule has 0 fully saturated rings. The van der Waals surface area contributed by atoms with Crippen molar-refractivity contribution >= 4 is 33.8 Å². The monoisotopic (exact) mass is 368 g/mol. The molecule has 26 heavy (non-hydrogen) atoms. The predicted molar refractivity (Wildman–Crippen MR) is 102 cm³/mol. The molecule has 0 unspecified atom stereocenters. The van der Waals surface area contributed by atoms with Crippen molar-refractivity contribution in [2.45, 2.75) is 6.42 Å². The highest BCUT2D eigenvalue weighted by molar-refractivity contribution is 7.15. The van der Waals surface area contributed by atoms with Crippen LogP contribution in [0.5, 0.6) is 0 Å². The van der Waals surface area contributed by atoms with Crippen LogP contribution in [0.1, 0.15) is 20.8 Å². The average molecular weight is 368 g/mol. The van der Waals surface area contributed by atoms with Crippen LogP contribution in [0.25, 0.3) is 0 Å². The van der Waals surface area contributed by atoms with Crippen LogP contribution in [0, 0.1) is 10.1 Å². The molecular weight excluding hydrogens is 352 g/mol. The first kappa shape index (κ1) is 17.6. The van der Waals surface area contributed by atoms with Gasteiger partial charge in [-0.05, 0) is 11.6 Å². The molecule has 7 nitrogen and oxygen atoms in total. The van der Waals surface area contributed by atoms with E-state index in [-0.39, 0.29) is 11.3 Å². The molecule has 1 aromatic heterocycles. The summed E-state index contributed by atoms with van der Waals surface area (Å²) in [5, 5.41) is 17.0. The normalized spacial score (nSPS) is 10.3. The molecule has 1 heterocycles. The first-order chi connectivity index (χ1) is 12.6. The Morgan fingerprint density at radius 1 is 1.23 bits per heavy atom. The van der Waals surface area contributed by atoms with Gasteiger partial charge in [0.05, 0.1) is 10.5 Å². The Kier molecular flexibility index (Phi) is 5.23. The third-order valence-corrected chi connectivity index (χ3v) is 4.64. The average Bonchev–Trinajstić information content (AvgIpc) is 3.08. The quantitative estimate of drug-likeness (QED) is 0.507. The molecule has 3 rings (SSSR count). The van der Waals surface area contributed by atoms with Gasteiger partial charge in [0.25, 0.3) is 11.6 Å². The zero-order valence-electron chi connectivity index (χ0n) is 13.9. The number of aromatic nitrogens is 1. The molecule has 1 amide bonds. The van der Waals surface area contributed by atoms with E-state index < -0.39 is 10.8 Å². The van der Waals surface area contributed by atoms with E-state index in [0.717, 1.165) is 16.9 Å². The third-order valence-electron chi connectivity index (χ3n) is 3.72. The van der Waals surface area contributed by atoms with E-state index in [1.165, 1.54) is 29.5 Å². The number of nitro groups is 1. The van der Waals surface area contributed by atoms with Crippen molar-refractivity contribution < 1.29 is 9.72 Å². The fourth-order valence-electron chi connectivity index (χ4n) is 2.46. The Morgan fingerprint density at radius 3 is 2.69 bits per heavy atom. The summed E-state index contributed by atoms with van der Waals surface area (Å²) in [5.41, 5.74) is 1.72. The summed E-state index contributed by atoms with van der Waals surface area (Å²) in [6.45, 7) is 0. The van der Waals surface area contributed by atoms with Gasteiger partial charge in [-0.15, -0.1) is 11.3 Å². The summed E-state index contributed by atoms with van der Waals surface area (Å²) in [5.74, 6) is -0.446. The van der Waals surface area contributed by atoms with Gasteiger partial charge in [-0.25, -0.2) is 4.98 Å². The highest BCUT2D eigenvalue weighted by atomic mass is 32.1. The van der Waals surface area contributed by atoms with Crippen molar-refractivity contribution in [1.82, 2.24) is 4.98 Å². The van der Waals surface area contributed by atoms with E-state index in [0.29, 0.717) is 10.8 Å². The Balaban J connectivity index is 1.76. The first-order valence-electron chi connectivity index (χ1n) is 7.83. The number of nitrogens with zero attached hydrogens (tertiary/aromatic N) is 2. The largest absolute Gasteiger partial charge is 0.387 e. The van der Waals surface area contributed by atoms with Gasteiger partial charge in [-0.1, -0.05) is 30.3 Å². The number of carbonyl (C=O) groups is 1. The SMILES string of the molecule is CNc1ccc([N+](=O)[O-])cc1C(=O)Nc1ncc(Cc2ccccc2)s1. The van der Waals surface area contributed by atoms with Crippen LogP contribution in [0.2, 0.25) is 0 Å². The zero-order chi connectivity index (χ0) is 18.5. The van der Waals surface area contributed by atoms with Gasteiger partial charge in [0.2, 0.25) is 0 Å². The van der Waals surface area contributed by atoms with Crippen molar-refractivity contribution in [1.29, 1.82) is 0 Å². The van der Waals surface area contributed by atoms with Crippen LogP contribution in [0.3, 0.4) is 0 Å². The Morgan fingerprint density at radius 2 is 2.00 bits per heavy atom. The molecule has 0 radical (unpaired) electrons. The highest BCUT2D eigenvalue weighted by Gasteiger charge is 2.17. The maximum Gasteiger partial charge on any atom is 0.270 e. The first-order valence-corrected chi connectivity index (χ1v) is 8.64. The van der Waals surface area contributed by atoms with Crippen molar-refractivity contribution in [2.24, 2.45) is 0 Å². The number of hydrogen-bond acceptors (Lipinski definition) is 6. The fraction of sp³-hybridized carbons (Fsp3) is 0.111. The molecule has 132 valence electrons. The molecule has 0 spiro atoms. The van der Waals surface area contributed by atoms with Gasteiger partial charge in [0, 0.05) is 42.4 Å². The van der Waals surface area contributed by atoms with E-state index in [1.807, 2.05) is 30.3 Å². The molecule has 0 aliphatic rings. The molecule has 0 aliphatic carbocycles. The predicted octanol–water partition coefficient (Wildman–Crippen LogP) is 3.94. The summed E-state index contributed by atoms with van der Waals surface area (Å²) in [6, 6.07) is 14.1. The van der Waals surface area contributed by atoms with Crippen molar-refractivity contribution in [3.63, 3.8) is 0 Å². The van der Waals surface area contributed by atoms with E-state index in [9.17, 15) is 14.9 Å². The Bertz CT molecular complexity index is 941. The van der Waals surface area contributed by atoms with Gasteiger partial charge in [0.1, 0.15) is 0 Å². The Labute approximate surface area is 153 Å². The van der Waals surface area contributed by atoms with Crippen LogP contribution in [-0.2, 0) is 6.42 Å². The van der Waals surface area contributed by atoms with Crippen LogP contribution in [0.15, 0.2) is 54.7 Å². The van der Waals surface area contributed by atoms with Crippen LogP contribution < -0.4 is 10.6 Å². The number of non-ortho nitro benzene ring substituents is 1. The number of carbonyl (C=O) groups excluding carboxylic acids is 1. The smallest absolute Gasteiger partial charge is 0.270 e. The second-order valence-corrected chi connectivity index (χ2v) is 6.60. The molecular formula is C18H16N4O3S. The summed E-state index contributed by atoms with van der Waals surface area (Å²) in [7, 11) is 1.65. The Hall–Kier alpha value is -3.26. The van der Waals surface area contributed by atoms with E-state index >= 15 is 0 Å². The number of thiazole rings is 1. The zero-order valence-corrected chi connectivity index (χ0v) is 14.7. The van der Waals surface area contributed by atoms with Gasteiger partial charge in [0.15, 0.2) is 5.13 Å². The number of anilines is 2. The molecule has 2 N–H and O–H groups in total. The highest BCUT2D eigenvalue weighted by Crippen LogP contribution is 2.25. The second-order valence-electron chi connectivity index (χ2n) is 5.49. The van der Waals surface area contributed by atoms with Crippen molar-refractivity contribution in [3.8, 4) is 0 Å². The standard InChI is InChI=1S/C18H16N4O3S/c1-19-16-8-7-13(22(24)25)10-15(16)17(23)21-18-20-11-14(26-18)9-12-5-3-2-4-6-12/h2-8,10-11,19H,9H2,1H3,(H,20,21,23). The lowest BCUT2D eigenvalue weighted by Gasteiger charge is -2.08. The van der Waals surface area contributed by atoms with E-state index in [4.69, 9.17) is 0 Å². The number of hydrogen-bond donors (Lipinski definition) is 2. The number of nitrogens with one attached hydrogen (secondary N) is 2. The molecule has 0 bridgehead atoms. The van der Waals surface area contributed by atoms with Gasteiger partial charge in [-0.2, -0.15) is 0 Å². The maximum absolute atomic E-state index is 12.5. The second kappa shape index (κ2) is 7.75. The summed E-state index contributed by atoms with van der Waals surface area (Å²) in [6.07, 6.45) is 2.45. The van der Waals surface area contributed by atoms with Gasteiger partial charge >= 0.3 is 0 Å². The third kappa shape index (κ3) is 4.04. The number of amides is 1. The minimum absolute atomic E-state index is 0.141. The van der Waals surface area contributed by atoms with Crippen LogP contribution in [-0.4, -0.2) is 22.9 Å². The number of rotatable bonds is 6. The van der Waals surface area contributed by atoms with Crippen LogP contribution >= 0.6 is 11.3 Å². The summed E-state index contributed by atoms with van der Waals surface area (Å²) in [4.78, 5) is 28.2. The fourth-order valence-corrected chi connectivity index (χ4v) is 3.30. The molecule has 3 aromatic rings. The van der Waals surface area contributed by atoms with Crippen molar-refractivity contribution in [2.75, 3.05) is 17.7 Å². The lowest BCUT2D eigenvalue weighted by Crippen LogP contribution is -2.14. The topological polar surface area (TPSA) is 97.2 Å². The minimum atomic E-state index is -0.530. The molecule has 0 atom stereocenters. The maximum atomic E-state index is 12.5. The lowest BCUT2D eigenvalue weighted by molar-refractivity contribution is -0.384. The molecule has 0 aliphatic heterocycles. The van der Waals surface area contributed by atoms with E-state index in [1.54, 1.807) is 13.2 Å². The summed E-state index contributed by atoms with van der Waals surface area (Å²) < 4.78 is 0. The molecule has 8 heteroatoms.